The minimum absolute atomic E-state index is 0.0210. The Hall–Kier alpha value is -1.42. The Morgan fingerprint density at radius 3 is 2.79 bits per heavy atom. The van der Waals surface area contributed by atoms with Gasteiger partial charge in [-0.2, -0.15) is 0 Å². The SMILES string of the molecule is CC1CCC(C)N(Cc2cc(F)cc(C(=O)O)c2)C1. The molecule has 0 spiro atoms. The van der Waals surface area contributed by atoms with Crippen LogP contribution in [-0.4, -0.2) is 28.6 Å². The van der Waals surface area contributed by atoms with Crippen molar-refractivity contribution < 1.29 is 14.3 Å². The smallest absolute Gasteiger partial charge is 0.335 e. The third-order valence-electron chi connectivity index (χ3n) is 3.84. The molecule has 104 valence electrons. The quantitative estimate of drug-likeness (QED) is 0.912. The first kappa shape index (κ1) is 14.0. The van der Waals surface area contributed by atoms with Gasteiger partial charge in [-0.05, 0) is 49.4 Å². The molecule has 1 aromatic rings. The second kappa shape index (κ2) is 5.70. The molecule has 1 aliphatic rings. The van der Waals surface area contributed by atoms with E-state index in [2.05, 4.69) is 18.7 Å². The first-order chi connectivity index (χ1) is 8.95. The average molecular weight is 265 g/mol. The summed E-state index contributed by atoms with van der Waals surface area (Å²) >= 11 is 0. The lowest BCUT2D eigenvalue weighted by molar-refractivity contribution is 0.0695. The lowest BCUT2D eigenvalue weighted by Gasteiger charge is -2.36. The molecule has 19 heavy (non-hydrogen) atoms. The van der Waals surface area contributed by atoms with Crippen molar-refractivity contribution in [2.24, 2.45) is 5.92 Å². The Morgan fingerprint density at radius 1 is 1.37 bits per heavy atom. The fourth-order valence-electron chi connectivity index (χ4n) is 2.70. The van der Waals surface area contributed by atoms with Crippen LogP contribution in [0.25, 0.3) is 0 Å². The molecule has 0 aliphatic carbocycles. The number of carboxylic acid groups (broad SMARTS) is 1. The van der Waals surface area contributed by atoms with E-state index in [-0.39, 0.29) is 5.56 Å². The molecule has 0 amide bonds. The number of benzene rings is 1. The number of carbonyl (C=O) groups is 1. The molecule has 1 N–H and O–H groups in total. The van der Waals surface area contributed by atoms with E-state index in [1.807, 2.05) is 0 Å². The molecule has 1 saturated heterocycles. The van der Waals surface area contributed by atoms with E-state index in [1.54, 1.807) is 6.07 Å². The van der Waals surface area contributed by atoms with Gasteiger partial charge in [0.25, 0.3) is 0 Å². The van der Waals surface area contributed by atoms with Crippen LogP contribution in [0.4, 0.5) is 4.39 Å². The van der Waals surface area contributed by atoms with Crippen LogP contribution in [0, 0.1) is 11.7 Å². The molecule has 0 aromatic heterocycles. The molecule has 4 heteroatoms. The van der Waals surface area contributed by atoms with Gasteiger partial charge in [-0.3, -0.25) is 4.90 Å². The molecule has 1 aliphatic heterocycles. The summed E-state index contributed by atoms with van der Waals surface area (Å²) in [6.07, 6.45) is 2.36. The number of aromatic carboxylic acids is 1. The number of likely N-dealkylation sites (tertiary alicyclic amines) is 1. The van der Waals surface area contributed by atoms with Crippen molar-refractivity contribution in [2.45, 2.75) is 39.3 Å². The summed E-state index contributed by atoms with van der Waals surface area (Å²) < 4.78 is 13.4. The fraction of sp³-hybridized carbons (Fsp3) is 0.533. The van der Waals surface area contributed by atoms with Crippen LogP contribution in [0.3, 0.4) is 0 Å². The van der Waals surface area contributed by atoms with Gasteiger partial charge < -0.3 is 5.11 Å². The Bertz CT molecular complexity index is 475. The van der Waals surface area contributed by atoms with Gasteiger partial charge in [0.15, 0.2) is 0 Å². The molecule has 1 aromatic carbocycles. The minimum atomic E-state index is -1.08. The summed E-state index contributed by atoms with van der Waals surface area (Å²) in [5.41, 5.74) is 0.756. The third-order valence-corrected chi connectivity index (χ3v) is 3.84. The number of rotatable bonds is 3. The summed E-state index contributed by atoms with van der Waals surface area (Å²) in [6.45, 7) is 5.99. The van der Waals surface area contributed by atoms with Gasteiger partial charge in [0, 0.05) is 19.1 Å². The van der Waals surface area contributed by atoms with Crippen LogP contribution < -0.4 is 0 Å². The Labute approximate surface area is 113 Å². The zero-order valence-corrected chi connectivity index (χ0v) is 11.4. The first-order valence-corrected chi connectivity index (χ1v) is 6.72. The van der Waals surface area contributed by atoms with Crippen molar-refractivity contribution in [1.29, 1.82) is 0 Å². The van der Waals surface area contributed by atoms with Crippen LogP contribution in [0.1, 0.15) is 42.6 Å². The summed E-state index contributed by atoms with van der Waals surface area (Å²) in [6, 6.07) is 4.52. The highest BCUT2D eigenvalue weighted by atomic mass is 19.1. The molecule has 0 bridgehead atoms. The number of hydrogen-bond acceptors (Lipinski definition) is 2. The van der Waals surface area contributed by atoms with E-state index in [9.17, 15) is 9.18 Å². The number of nitrogens with zero attached hydrogens (tertiary/aromatic N) is 1. The van der Waals surface area contributed by atoms with E-state index in [0.717, 1.165) is 24.6 Å². The number of halogens is 1. The van der Waals surface area contributed by atoms with Crippen molar-refractivity contribution in [3.8, 4) is 0 Å². The number of hydrogen-bond donors (Lipinski definition) is 1. The van der Waals surface area contributed by atoms with Gasteiger partial charge >= 0.3 is 5.97 Å². The molecule has 0 radical (unpaired) electrons. The lowest BCUT2D eigenvalue weighted by Crippen LogP contribution is -2.40. The normalized spacial score (nSPS) is 24.4. The zero-order valence-electron chi connectivity index (χ0n) is 11.4. The molecule has 3 nitrogen and oxygen atoms in total. The molecule has 1 fully saturated rings. The van der Waals surface area contributed by atoms with Crippen LogP contribution >= 0.6 is 0 Å². The molecule has 0 saturated carbocycles. The molecular weight excluding hydrogens is 245 g/mol. The predicted molar refractivity (Wildman–Crippen MR) is 71.6 cm³/mol. The van der Waals surface area contributed by atoms with Gasteiger partial charge in [-0.1, -0.05) is 6.92 Å². The van der Waals surface area contributed by atoms with E-state index < -0.39 is 11.8 Å². The van der Waals surface area contributed by atoms with Crippen LogP contribution in [0.5, 0.6) is 0 Å². The van der Waals surface area contributed by atoms with Gasteiger partial charge in [-0.15, -0.1) is 0 Å². The van der Waals surface area contributed by atoms with Gasteiger partial charge in [0.2, 0.25) is 0 Å². The highest BCUT2D eigenvalue weighted by Crippen LogP contribution is 2.23. The monoisotopic (exact) mass is 265 g/mol. The van der Waals surface area contributed by atoms with E-state index in [1.165, 1.54) is 12.5 Å². The van der Waals surface area contributed by atoms with E-state index in [0.29, 0.717) is 18.5 Å². The molecule has 2 unspecified atom stereocenters. The maximum absolute atomic E-state index is 13.4. The molecule has 2 rings (SSSR count). The highest BCUT2D eigenvalue weighted by Gasteiger charge is 2.23. The van der Waals surface area contributed by atoms with E-state index in [4.69, 9.17) is 5.11 Å². The summed E-state index contributed by atoms with van der Waals surface area (Å²) in [7, 11) is 0. The van der Waals surface area contributed by atoms with Crippen molar-refractivity contribution in [3.05, 3.63) is 35.1 Å². The second-order valence-electron chi connectivity index (χ2n) is 5.61. The Kier molecular flexibility index (Phi) is 4.20. The fourth-order valence-corrected chi connectivity index (χ4v) is 2.70. The van der Waals surface area contributed by atoms with Crippen molar-refractivity contribution >= 4 is 5.97 Å². The summed E-state index contributed by atoms with van der Waals surface area (Å²) in [5, 5.41) is 8.95. The Balaban J connectivity index is 2.16. The number of piperidine rings is 1. The standard InChI is InChI=1S/C15H20FNO2/c1-10-3-4-11(2)17(8-10)9-12-5-13(15(18)19)7-14(16)6-12/h5-7,10-11H,3-4,8-9H2,1-2H3,(H,18,19). The topological polar surface area (TPSA) is 40.5 Å². The minimum Gasteiger partial charge on any atom is -0.478 e. The van der Waals surface area contributed by atoms with Crippen molar-refractivity contribution in [1.82, 2.24) is 4.90 Å². The second-order valence-corrected chi connectivity index (χ2v) is 5.61. The molecule has 2 atom stereocenters. The zero-order chi connectivity index (χ0) is 14.0. The maximum Gasteiger partial charge on any atom is 0.335 e. The first-order valence-electron chi connectivity index (χ1n) is 6.72. The van der Waals surface area contributed by atoms with Gasteiger partial charge in [0.05, 0.1) is 5.56 Å². The van der Waals surface area contributed by atoms with Gasteiger partial charge in [-0.25, -0.2) is 9.18 Å². The largest absolute Gasteiger partial charge is 0.478 e. The molecule has 1 heterocycles. The van der Waals surface area contributed by atoms with Crippen molar-refractivity contribution in [2.75, 3.05) is 6.54 Å². The third kappa shape index (κ3) is 3.53. The maximum atomic E-state index is 13.4. The lowest BCUT2D eigenvalue weighted by atomic mass is 9.94. The van der Waals surface area contributed by atoms with Crippen molar-refractivity contribution in [3.63, 3.8) is 0 Å². The van der Waals surface area contributed by atoms with Crippen LogP contribution in [-0.2, 0) is 6.54 Å². The average Bonchev–Trinajstić information content (AvgIpc) is 2.33. The van der Waals surface area contributed by atoms with Gasteiger partial charge in [0.1, 0.15) is 5.82 Å². The highest BCUT2D eigenvalue weighted by molar-refractivity contribution is 5.87. The van der Waals surface area contributed by atoms with Crippen LogP contribution in [0.2, 0.25) is 0 Å². The summed E-state index contributed by atoms with van der Waals surface area (Å²) in [5.74, 6) is -0.919. The van der Waals surface area contributed by atoms with Crippen LogP contribution in [0.15, 0.2) is 18.2 Å². The predicted octanol–water partition coefficient (Wildman–Crippen LogP) is 3.14. The molecular formula is C15H20FNO2. The Morgan fingerprint density at radius 2 is 2.11 bits per heavy atom. The van der Waals surface area contributed by atoms with E-state index >= 15 is 0 Å². The summed E-state index contributed by atoms with van der Waals surface area (Å²) in [4.78, 5) is 13.2. The number of carboxylic acids is 1.